The number of benzene rings is 4. The fourth-order valence-corrected chi connectivity index (χ4v) is 5.39. The molecule has 0 spiro atoms. The Bertz CT molecular complexity index is 1420. The zero-order valence-electron chi connectivity index (χ0n) is 21.3. The molecule has 7 heteroatoms. The van der Waals surface area contributed by atoms with E-state index in [-0.39, 0.29) is 31.1 Å². The van der Waals surface area contributed by atoms with Crippen molar-refractivity contribution in [3.05, 3.63) is 126 Å². The maximum Gasteiger partial charge on any atom is 0.407 e. The number of anilines is 1. The second-order valence-corrected chi connectivity index (χ2v) is 9.66. The molecule has 1 aliphatic heterocycles. The van der Waals surface area contributed by atoms with Gasteiger partial charge in [0.05, 0.1) is 5.69 Å². The molecule has 1 saturated heterocycles. The zero-order chi connectivity index (χ0) is 26.6. The summed E-state index contributed by atoms with van der Waals surface area (Å²) < 4.78 is 5.56. The minimum Gasteiger partial charge on any atom is -0.449 e. The number of nitrogens with one attached hydrogen (secondary N) is 2. The summed E-state index contributed by atoms with van der Waals surface area (Å²) in [5.41, 5.74) is 6.48. The van der Waals surface area contributed by atoms with Crippen LogP contribution in [0.4, 0.5) is 10.5 Å². The van der Waals surface area contributed by atoms with Gasteiger partial charge in [-0.3, -0.25) is 9.63 Å². The standard InChI is InChI=1S/C32H29N3O4/c36-31(34-30-19-29(22-11-3-1-4-12-22)39-35(30)23-13-5-2-6-14-23)20-33-32(37)38-21-28-26-17-9-7-15-24(26)25-16-8-10-18-27(25)28/h1-18,28-30H,19-21H2,(H,33,37)(H,34,36)/t29-,30+/m1/s1. The average Bonchev–Trinajstić information content (AvgIpc) is 3.55. The Balaban J connectivity index is 1.05. The largest absolute Gasteiger partial charge is 0.449 e. The first-order chi connectivity index (χ1) is 19.2. The van der Waals surface area contributed by atoms with E-state index in [0.717, 1.165) is 33.5 Å². The van der Waals surface area contributed by atoms with Gasteiger partial charge in [0, 0.05) is 12.3 Å². The molecule has 0 radical (unpaired) electrons. The molecule has 7 nitrogen and oxygen atoms in total. The molecule has 0 bridgehead atoms. The first kappa shape index (κ1) is 24.7. The van der Waals surface area contributed by atoms with Crippen molar-refractivity contribution in [3.63, 3.8) is 0 Å². The normalized spacial score (nSPS) is 17.8. The smallest absolute Gasteiger partial charge is 0.407 e. The van der Waals surface area contributed by atoms with E-state index in [9.17, 15) is 9.59 Å². The predicted octanol–water partition coefficient (Wildman–Crippen LogP) is 5.55. The minimum atomic E-state index is -0.628. The summed E-state index contributed by atoms with van der Waals surface area (Å²) in [4.78, 5) is 31.6. The Morgan fingerprint density at radius 2 is 1.38 bits per heavy atom. The van der Waals surface area contributed by atoms with Gasteiger partial charge in [0.25, 0.3) is 0 Å². The number of carbonyl (C=O) groups excluding carboxylic acids is 2. The van der Waals surface area contributed by atoms with Crippen molar-refractivity contribution in [1.82, 2.24) is 10.6 Å². The van der Waals surface area contributed by atoms with Crippen molar-refractivity contribution in [2.24, 2.45) is 0 Å². The van der Waals surface area contributed by atoms with Gasteiger partial charge in [-0.15, -0.1) is 0 Å². The molecule has 1 fully saturated rings. The van der Waals surface area contributed by atoms with Crippen LogP contribution in [0.2, 0.25) is 0 Å². The Hall–Kier alpha value is -4.62. The molecule has 0 aromatic heterocycles. The third-order valence-electron chi connectivity index (χ3n) is 7.21. The lowest BCUT2D eigenvalue weighted by Gasteiger charge is -2.25. The summed E-state index contributed by atoms with van der Waals surface area (Å²) in [5, 5.41) is 7.32. The SMILES string of the molecule is O=C(CNC(=O)OCC1c2ccccc2-c2ccccc21)N[C@@H]1C[C@H](c2ccccc2)ON1c1ccccc1. The highest BCUT2D eigenvalue weighted by atomic mass is 16.7. The number of amides is 2. The molecule has 39 heavy (non-hydrogen) atoms. The number of nitrogens with zero attached hydrogens (tertiary/aromatic N) is 1. The van der Waals surface area contributed by atoms with Crippen molar-refractivity contribution in [3.8, 4) is 11.1 Å². The van der Waals surface area contributed by atoms with E-state index in [1.807, 2.05) is 84.9 Å². The average molecular weight is 520 g/mol. The predicted molar refractivity (Wildman–Crippen MR) is 149 cm³/mol. The quantitative estimate of drug-likeness (QED) is 0.335. The molecule has 2 aliphatic rings. The molecule has 0 unspecified atom stereocenters. The van der Waals surface area contributed by atoms with E-state index >= 15 is 0 Å². The topological polar surface area (TPSA) is 79.9 Å². The van der Waals surface area contributed by atoms with Gasteiger partial charge in [0.1, 0.15) is 25.4 Å². The highest BCUT2D eigenvalue weighted by Gasteiger charge is 2.36. The number of hydrogen-bond acceptors (Lipinski definition) is 5. The first-order valence-electron chi connectivity index (χ1n) is 13.1. The van der Waals surface area contributed by atoms with Gasteiger partial charge in [-0.2, -0.15) is 0 Å². The third kappa shape index (κ3) is 5.22. The lowest BCUT2D eigenvalue weighted by molar-refractivity contribution is -0.121. The number of alkyl carbamates (subject to hydrolysis) is 1. The summed E-state index contributed by atoms with van der Waals surface area (Å²) in [5.74, 6) is -0.367. The number of ether oxygens (including phenoxy) is 1. The van der Waals surface area contributed by atoms with Gasteiger partial charge in [0.15, 0.2) is 0 Å². The lowest BCUT2D eigenvalue weighted by atomic mass is 9.98. The molecule has 6 rings (SSSR count). The monoisotopic (exact) mass is 519 g/mol. The van der Waals surface area contributed by atoms with E-state index < -0.39 is 12.3 Å². The van der Waals surface area contributed by atoms with E-state index in [1.54, 1.807) is 5.06 Å². The van der Waals surface area contributed by atoms with E-state index in [0.29, 0.717) is 6.42 Å². The molecule has 1 heterocycles. The van der Waals surface area contributed by atoms with Gasteiger partial charge in [0.2, 0.25) is 5.91 Å². The van der Waals surface area contributed by atoms with Crippen LogP contribution in [-0.4, -0.2) is 31.3 Å². The van der Waals surface area contributed by atoms with Gasteiger partial charge in [-0.05, 0) is 39.9 Å². The molecule has 196 valence electrons. The maximum atomic E-state index is 12.8. The Morgan fingerprint density at radius 1 is 0.795 bits per heavy atom. The summed E-state index contributed by atoms with van der Waals surface area (Å²) in [6, 6.07) is 35.9. The molecule has 2 amide bonds. The van der Waals surface area contributed by atoms with Crippen LogP contribution in [0.25, 0.3) is 11.1 Å². The van der Waals surface area contributed by atoms with Gasteiger partial charge in [-0.25, -0.2) is 9.86 Å². The summed E-state index contributed by atoms with van der Waals surface area (Å²) in [7, 11) is 0. The van der Waals surface area contributed by atoms with Crippen LogP contribution in [0.15, 0.2) is 109 Å². The van der Waals surface area contributed by atoms with Gasteiger partial charge in [-0.1, -0.05) is 97.1 Å². The lowest BCUT2D eigenvalue weighted by Crippen LogP contribution is -2.47. The maximum absolute atomic E-state index is 12.8. The molecule has 1 aliphatic carbocycles. The molecular formula is C32H29N3O4. The van der Waals surface area contributed by atoms with Crippen LogP contribution >= 0.6 is 0 Å². The number of para-hydroxylation sites is 1. The van der Waals surface area contributed by atoms with Crippen LogP contribution < -0.4 is 15.7 Å². The molecule has 0 saturated carbocycles. The molecule has 2 N–H and O–H groups in total. The number of rotatable bonds is 7. The van der Waals surface area contributed by atoms with Crippen LogP contribution in [0.5, 0.6) is 0 Å². The molecule has 4 aromatic rings. The van der Waals surface area contributed by atoms with Gasteiger partial charge >= 0.3 is 6.09 Å². The highest BCUT2D eigenvalue weighted by molar-refractivity contribution is 5.83. The molecule has 4 aromatic carbocycles. The Morgan fingerprint density at radius 3 is 2.05 bits per heavy atom. The fraction of sp³-hybridized carbons (Fsp3) is 0.188. The number of hydroxylamine groups is 1. The van der Waals surface area contributed by atoms with Crippen LogP contribution in [0.3, 0.4) is 0 Å². The van der Waals surface area contributed by atoms with E-state index in [4.69, 9.17) is 9.57 Å². The summed E-state index contributed by atoms with van der Waals surface area (Å²) >= 11 is 0. The van der Waals surface area contributed by atoms with Crippen molar-refractivity contribution in [1.29, 1.82) is 0 Å². The fourth-order valence-electron chi connectivity index (χ4n) is 5.39. The van der Waals surface area contributed by atoms with Crippen molar-refractivity contribution >= 4 is 17.7 Å². The number of fused-ring (bicyclic) bond motifs is 3. The minimum absolute atomic E-state index is 0.0398. The number of carbonyl (C=O) groups is 2. The highest BCUT2D eigenvalue weighted by Crippen LogP contribution is 2.44. The summed E-state index contributed by atoms with van der Waals surface area (Å²) in [6.07, 6.45) is -0.659. The number of hydrogen-bond donors (Lipinski definition) is 2. The van der Waals surface area contributed by atoms with E-state index in [1.165, 1.54) is 0 Å². The molecular weight excluding hydrogens is 490 g/mol. The second kappa shape index (κ2) is 11.0. The Labute approximate surface area is 227 Å². The van der Waals surface area contributed by atoms with Crippen molar-refractivity contribution in [2.75, 3.05) is 18.2 Å². The summed E-state index contributed by atoms with van der Waals surface area (Å²) in [6.45, 7) is -0.00963. The first-order valence-corrected chi connectivity index (χ1v) is 13.1. The van der Waals surface area contributed by atoms with Crippen molar-refractivity contribution < 1.29 is 19.2 Å². The van der Waals surface area contributed by atoms with Crippen LogP contribution in [0.1, 0.15) is 35.1 Å². The van der Waals surface area contributed by atoms with Crippen molar-refractivity contribution in [2.45, 2.75) is 24.6 Å². The van der Waals surface area contributed by atoms with Gasteiger partial charge < -0.3 is 15.4 Å². The second-order valence-electron chi connectivity index (χ2n) is 9.66. The van der Waals surface area contributed by atoms with Crippen LogP contribution in [0, 0.1) is 0 Å². The molecule has 2 atom stereocenters. The van der Waals surface area contributed by atoms with E-state index in [2.05, 4.69) is 34.9 Å². The zero-order valence-corrected chi connectivity index (χ0v) is 21.3. The Kier molecular flexibility index (Phi) is 6.97. The third-order valence-corrected chi connectivity index (χ3v) is 7.21. The van der Waals surface area contributed by atoms with Crippen LogP contribution in [-0.2, 0) is 14.4 Å².